The Kier molecular flexibility index (Phi) is 7.60. The molecule has 1 aromatic heterocycles. The van der Waals surface area contributed by atoms with Gasteiger partial charge in [0, 0.05) is 61.7 Å². The van der Waals surface area contributed by atoms with E-state index in [0.717, 1.165) is 19.0 Å². The van der Waals surface area contributed by atoms with Crippen LogP contribution in [0, 0.1) is 11.6 Å². The number of rotatable bonds is 6. The van der Waals surface area contributed by atoms with Crippen molar-refractivity contribution in [2.45, 2.75) is 83.5 Å². The molecule has 2 aliphatic rings. The van der Waals surface area contributed by atoms with Crippen LogP contribution in [0.1, 0.15) is 60.3 Å². The molecule has 0 atom stereocenters. The lowest BCUT2D eigenvalue weighted by Crippen LogP contribution is -2.61. The number of piperidine rings is 2. The smallest absolute Gasteiger partial charge is 0.229 e. The Bertz CT molecular complexity index is 1120. The molecule has 1 amide bonds. The van der Waals surface area contributed by atoms with Gasteiger partial charge < -0.3 is 20.3 Å². The predicted molar refractivity (Wildman–Crippen MR) is 140 cm³/mol. The van der Waals surface area contributed by atoms with E-state index in [9.17, 15) is 13.6 Å². The number of hydrogen-bond donors (Lipinski definition) is 2. The van der Waals surface area contributed by atoms with Crippen molar-refractivity contribution in [3.05, 3.63) is 36.0 Å². The van der Waals surface area contributed by atoms with Gasteiger partial charge in [-0.05, 0) is 59.7 Å². The molecule has 2 saturated heterocycles. The first-order valence-electron chi connectivity index (χ1n) is 12.9. The molecule has 2 aliphatic heterocycles. The van der Waals surface area contributed by atoms with Gasteiger partial charge in [-0.1, -0.05) is 0 Å². The molecule has 2 fully saturated rings. The van der Waals surface area contributed by atoms with Crippen LogP contribution < -0.4 is 15.4 Å². The number of halogens is 2. The first kappa shape index (κ1) is 27.0. The van der Waals surface area contributed by atoms with Crippen LogP contribution in [-0.4, -0.2) is 69.0 Å². The fraction of sp³-hybridized carbons (Fsp3) is 0.593. The summed E-state index contributed by atoms with van der Waals surface area (Å²) in [5, 5.41) is 6.23. The number of carbonyl (C=O) groups is 1. The minimum Gasteiger partial charge on any atom is -0.487 e. The summed E-state index contributed by atoms with van der Waals surface area (Å²) in [6.45, 7) is 11.5. The molecule has 4 rings (SSSR count). The van der Waals surface area contributed by atoms with Crippen molar-refractivity contribution < 1.29 is 18.3 Å². The van der Waals surface area contributed by atoms with Crippen LogP contribution >= 0.6 is 0 Å². The van der Waals surface area contributed by atoms with E-state index in [1.807, 2.05) is 0 Å². The van der Waals surface area contributed by atoms with Crippen molar-refractivity contribution in [2.75, 3.05) is 30.8 Å². The summed E-state index contributed by atoms with van der Waals surface area (Å²) >= 11 is 0. The van der Waals surface area contributed by atoms with E-state index in [-0.39, 0.29) is 46.6 Å². The van der Waals surface area contributed by atoms with Gasteiger partial charge >= 0.3 is 0 Å². The third-order valence-corrected chi connectivity index (χ3v) is 7.76. The standard InChI is InChI=1S/C27H38F2N6O2/c1-17(36)35-11-9-20(10-12-35)37-23-8-7-18(13-21(23)28)32-25-30-16-22(29)24(33-25)31-19-14-26(2,3)34(6)27(4,5)15-19/h7-8,13,16,19-20H,9-12,14-15H2,1-6H3,(H2,30,31,32,33). The normalized spacial score (nSPS) is 20.5. The van der Waals surface area contributed by atoms with E-state index in [0.29, 0.717) is 31.6 Å². The minimum atomic E-state index is -0.536. The van der Waals surface area contributed by atoms with Crippen LogP contribution in [0.15, 0.2) is 24.4 Å². The number of amides is 1. The van der Waals surface area contributed by atoms with Crippen molar-refractivity contribution in [3.63, 3.8) is 0 Å². The van der Waals surface area contributed by atoms with Crippen LogP contribution in [0.5, 0.6) is 5.75 Å². The fourth-order valence-electron chi connectivity index (χ4n) is 5.47. The third kappa shape index (κ3) is 6.29. The molecule has 0 bridgehead atoms. The number of aromatic nitrogens is 2. The largest absolute Gasteiger partial charge is 0.487 e. The Morgan fingerprint density at radius 2 is 1.73 bits per heavy atom. The number of nitrogens with one attached hydrogen (secondary N) is 2. The SMILES string of the molecule is CC(=O)N1CCC(Oc2ccc(Nc3ncc(F)c(NC4CC(C)(C)N(C)C(C)(C)C4)n3)cc2F)CC1. The van der Waals surface area contributed by atoms with Crippen LogP contribution in [0.25, 0.3) is 0 Å². The lowest BCUT2D eigenvalue weighted by Gasteiger charge is -2.53. The van der Waals surface area contributed by atoms with E-state index in [2.05, 4.69) is 60.2 Å². The van der Waals surface area contributed by atoms with Crippen LogP contribution in [0.4, 0.5) is 26.2 Å². The lowest BCUT2D eigenvalue weighted by molar-refractivity contribution is -0.130. The molecule has 0 spiro atoms. The Hall–Kier alpha value is -3.01. The molecular formula is C27H38F2N6O2. The number of ether oxygens (including phenoxy) is 1. The molecule has 1 aromatic carbocycles. The highest BCUT2D eigenvalue weighted by atomic mass is 19.1. The first-order chi connectivity index (χ1) is 17.3. The maximum absolute atomic E-state index is 14.8. The third-order valence-electron chi connectivity index (χ3n) is 7.76. The molecule has 0 saturated carbocycles. The van der Waals surface area contributed by atoms with E-state index < -0.39 is 11.6 Å². The number of hydrogen-bond acceptors (Lipinski definition) is 7. The van der Waals surface area contributed by atoms with Gasteiger partial charge in [-0.15, -0.1) is 0 Å². The summed E-state index contributed by atoms with van der Waals surface area (Å²) in [4.78, 5) is 24.0. The monoisotopic (exact) mass is 516 g/mol. The van der Waals surface area contributed by atoms with Gasteiger partial charge in [-0.3, -0.25) is 9.69 Å². The Balaban J connectivity index is 1.40. The summed E-state index contributed by atoms with van der Waals surface area (Å²) < 4.78 is 35.2. The molecule has 2 N–H and O–H groups in total. The second-order valence-electron chi connectivity index (χ2n) is 11.4. The lowest BCUT2D eigenvalue weighted by atomic mass is 9.77. The highest BCUT2D eigenvalue weighted by Gasteiger charge is 2.43. The molecule has 202 valence electrons. The topological polar surface area (TPSA) is 82.6 Å². The number of likely N-dealkylation sites (tertiary alicyclic amines) is 2. The number of anilines is 3. The maximum atomic E-state index is 14.8. The summed E-state index contributed by atoms with van der Waals surface area (Å²) in [5.74, 6) is -0.570. The Morgan fingerprint density at radius 3 is 2.32 bits per heavy atom. The van der Waals surface area contributed by atoms with Crippen molar-refractivity contribution in [3.8, 4) is 5.75 Å². The molecule has 2 aromatic rings. The van der Waals surface area contributed by atoms with Gasteiger partial charge in [-0.2, -0.15) is 4.98 Å². The van der Waals surface area contributed by atoms with E-state index in [1.165, 1.54) is 6.07 Å². The summed E-state index contributed by atoms with van der Waals surface area (Å²) in [6, 6.07) is 4.57. The zero-order valence-corrected chi connectivity index (χ0v) is 22.6. The molecular weight excluding hydrogens is 478 g/mol. The van der Waals surface area contributed by atoms with Gasteiger partial charge in [-0.25, -0.2) is 13.8 Å². The molecule has 8 nitrogen and oxygen atoms in total. The average molecular weight is 517 g/mol. The van der Waals surface area contributed by atoms with E-state index in [1.54, 1.807) is 24.0 Å². The maximum Gasteiger partial charge on any atom is 0.229 e. The second-order valence-corrected chi connectivity index (χ2v) is 11.4. The molecule has 10 heteroatoms. The van der Waals surface area contributed by atoms with E-state index >= 15 is 0 Å². The van der Waals surface area contributed by atoms with Crippen molar-refractivity contribution >= 4 is 23.4 Å². The van der Waals surface area contributed by atoms with Crippen molar-refractivity contribution in [1.82, 2.24) is 19.8 Å². The fourth-order valence-corrected chi connectivity index (χ4v) is 5.47. The van der Waals surface area contributed by atoms with Gasteiger partial charge in [0.25, 0.3) is 0 Å². The predicted octanol–water partition coefficient (Wildman–Crippen LogP) is 4.95. The second kappa shape index (κ2) is 10.4. The first-order valence-corrected chi connectivity index (χ1v) is 12.9. The van der Waals surface area contributed by atoms with Crippen LogP contribution in [-0.2, 0) is 4.79 Å². The number of carbonyl (C=O) groups excluding carboxylic acids is 1. The molecule has 3 heterocycles. The average Bonchev–Trinajstić information content (AvgIpc) is 2.81. The molecule has 0 radical (unpaired) electrons. The quantitative estimate of drug-likeness (QED) is 0.562. The van der Waals surface area contributed by atoms with Crippen molar-refractivity contribution in [1.29, 1.82) is 0 Å². The molecule has 37 heavy (non-hydrogen) atoms. The molecule has 0 unspecified atom stereocenters. The number of nitrogens with zero attached hydrogens (tertiary/aromatic N) is 4. The van der Waals surface area contributed by atoms with E-state index in [4.69, 9.17) is 4.74 Å². The highest BCUT2D eigenvalue weighted by molar-refractivity contribution is 5.73. The zero-order chi connectivity index (χ0) is 27.0. The summed E-state index contributed by atoms with van der Waals surface area (Å²) in [6.07, 6.45) is 3.95. The summed E-state index contributed by atoms with van der Waals surface area (Å²) in [7, 11) is 2.12. The Labute approximate surface area is 217 Å². The van der Waals surface area contributed by atoms with Crippen molar-refractivity contribution in [2.24, 2.45) is 0 Å². The Morgan fingerprint density at radius 1 is 1.08 bits per heavy atom. The van der Waals surface area contributed by atoms with Gasteiger partial charge in [0.1, 0.15) is 6.10 Å². The minimum absolute atomic E-state index is 0.0367. The zero-order valence-electron chi connectivity index (χ0n) is 22.6. The molecule has 0 aliphatic carbocycles. The van der Waals surface area contributed by atoms with Gasteiger partial charge in [0.15, 0.2) is 23.2 Å². The number of benzene rings is 1. The van der Waals surface area contributed by atoms with Gasteiger partial charge in [0.05, 0.1) is 6.20 Å². The van der Waals surface area contributed by atoms with Crippen LogP contribution in [0.2, 0.25) is 0 Å². The van der Waals surface area contributed by atoms with Crippen LogP contribution in [0.3, 0.4) is 0 Å². The van der Waals surface area contributed by atoms with Gasteiger partial charge in [0.2, 0.25) is 11.9 Å². The summed E-state index contributed by atoms with van der Waals surface area (Å²) in [5.41, 5.74) is 0.307. The highest BCUT2D eigenvalue weighted by Crippen LogP contribution is 2.38.